The van der Waals surface area contributed by atoms with E-state index in [-0.39, 0.29) is 22.9 Å². The van der Waals surface area contributed by atoms with Crippen molar-refractivity contribution < 1.29 is 24.2 Å². The van der Waals surface area contributed by atoms with Crippen molar-refractivity contribution in [3.05, 3.63) is 107 Å². The van der Waals surface area contributed by atoms with E-state index in [1.165, 1.54) is 18.2 Å². The van der Waals surface area contributed by atoms with Crippen molar-refractivity contribution >= 4 is 63.6 Å². The summed E-state index contributed by atoms with van der Waals surface area (Å²) in [6.07, 6.45) is 1.43. The maximum atomic E-state index is 13.0. The van der Waals surface area contributed by atoms with Crippen LogP contribution in [0.4, 0.5) is 16.2 Å². The van der Waals surface area contributed by atoms with Crippen LogP contribution in [0.3, 0.4) is 0 Å². The number of benzene rings is 3. The third kappa shape index (κ3) is 5.33. The van der Waals surface area contributed by atoms with Crippen molar-refractivity contribution in [3.8, 4) is 11.5 Å². The van der Waals surface area contributed by atoms with E-state index in [1.807, 2.05) is 0 Å². The minimum Gasteiger partial charge on any atom is -0.449 e. The molecule has 0 saturated carbocycles. The highest BCUT2D eigenvalue weighted by atomic mass is 35.5. The second-order valence-electron chi connectivity index (χ2n) is 7.31. The maximum absolute atomic E-state index is 13.0. The lowest BCUT2D eigenvalue weighted by atomic mass is 10.1. The summed E-state index contributed by atoms with van der Waals surface area (Å²) in [5.41, 5.74) is -0.157. The molecule has 0 spiro atoms. The summed E-state index contributed by atoms with van der Waals surface area (Å²) in [6, 6.07) is 14.1. The molecule has 1 aliphatic rings. The smallest absolute Gasteiger partial charge is 0.318 e. The van der Waals surface area contributed by atoms with Gasteiger partial charge in [-0.2, -0.15) is 0 Å². The standard InChI is InChI=1S/C23H13Cl2N3O7S/c24-15-6-5-14(17(25)10-15)12-26-22(29)21(36-23(26)30)9-13-3-1-2-4-19(13)35-20-8-7-16(27(31)32)11-18(20)28(33)34/h1-11H,12H2/b21-9-. The van der Waals surface area contributed by atoms with E-state index in [9.17, 15) is 29.8 Å². The number of thioether (sulfide) groups is 1. The van der Waals surface area contributed by atoms with Crippen LogP contribution < -0.4 is 4.74 Å². The van der Waals surface area contributed by atoms with Crippen molar-refractivity contribution in [1.29, 1.82) is 0 Å². The molecule has 10 nitrogen and oxygen atoms in total. The fourth-order valence-corrected chi connectivity index (χ4v) is 4.55. The lowest BCUT2D eigenvalue weighted by Crippen LogP contribution is -2.27. The zero-order valence-corrected chi connectivity index (χ0v) is 20.2. The predicted octanol–water partition coefficient (Wildman–Crippen LogP) is 6.84. The maximum Gasteiger partial charge on any atom is 0.318 e. The van der Waals surface area contributed by atoms with Gasteiger partial charge in [0.15, 0.2) is 0 Å². The number of nitro groups is 2. The third-order valence-electron chi connectivity index (χ3n) is 4.99. The van der Waals surface area contributed by atoms with Gasteiger partial charge in [0, 0.05) is 21.7 Å². The first-order valence-corrected chi connectivity index (χ1v) is 11.6. The van der Waals surface area contributed by atoms with Gasteiger partial charge in [0.1, 0.15) is 5.75 Å². The predicted molar refractivity (Wildman–Crippen MR) is 134 cm³/mol. The van der Waals surface area contributed by atoms with Crippen LogP contribution in [-0.2, 0) is 11.3 Å². The lowest BCUT2D eigenvalue weighted by Gasteiger charge is -2.13. The Bertz CT molecular complexity index is 1460. The molecule has 1 heterocycles. The molecular formula is C23H13Cl2N3O7S. The molecule has 0 aromatic heterocycles. The van der Waals surface area contributed by atoms with E-state index in [0.29, 0.717) is 21.2 Å². The van der Waals surface area contributed by atoms with Gasteiger partial charge in [-0.05, 0) is 47.7 Å². The number of hydrogen-bond donors (Lipinski definition) is 0. The number of para-hydroxylation sites is 1. The average Bonchev–Trinajstić information content (AvgIpc) is 3.09. The quantitative estimate of drug-likeness (QED) is 0.179. The van der Waals surface area contributed by atoms with Crippen LogP contribution in [0.15, 0.2) is 65.6 Å². The molecule has 3 aromatic rings. The molecule has 36 heavy (non-hydrogen) atoms. The fourth-order valence-electron chi connectivity index (χ4n) is 3.26. The van der Waals surface area contributed by atoms with Crippen LogP contribution in [-0.4, -0.2) is 25.9 Å². The number of halogens is 2. The Hall–Kier alpha value is -3.93. The highest BCUT2D eigenvalue weighted by Gasteiger charge is 2.35. The van der Waals surface area contributed by atoms with Crippen molar-refractivity contribution in [2.45, 2.75) is 6.54 Å². The number of ether oxygens (including phenoxy) is 1. The van der Waals surface area contributed by atoms with Gasteiger partial charge in [0.2, 0.25) is 5.75 Å². The highest BCUT2D eigenvalue weighted by molar-refractivity contribution is 8.18. The Balaban J connectivity index is 1.62. The molecule has 0 unspecified atom stereocenters. The van der Waals surface area contributed by atoms with Gasteiger partial charge in [-0.1, -0.05) is 47.5 Å². The SMILES string of the molecule is O=C1S/C(=C\c2ccccc2Oc2ccc([N+](=O)[O-])cc2[N+](=O)[O-])C(=O)N1Cc1ccc(Cl)cc1Cl. The number of nitrogens with zero attached hydrogens (tertiary/aromatic N) is 3. The van der Waals surface area contributed by atoms with E-state index in [4.69, 9.17) is 27.9 Å². The van der Waals surface area contributed by atoms with E-state index in [0.717, 1.165) is 34.9 Å². The van der Waals surface area contributed by atoms with Crippen LogP contribution in [0, 0.1) is 20.2 Å². The molecular weight excluding hydrogens is 533 g/mol. The van der Waals surface area contributed by atoms with Crippen LogP contribution in [0.5, 0.6) is 11.5 Å². The van der Waals surface area contributed by atoms with Crippen molar-refractivity contribution in [3.63, 3.8) is 0 Å². The van der Waals surface area contributed by atoms with E-state index >= 15 is 0 Å². The van der Waals surface area contributed by atoms with Crippen LogP contribution >= 0.6 is 35.0 Å². The van der Waals surface area contributed by atoms with Crippen molar-refractivity contribution in [2.75, 3.05) is 0 Å². The van der Waals surface area contributed by atoms with Gasteiger partial charge < -0.3 is 4.74 Å². The number of amides is 2. The molecule has 0 atom stereocenters. The number of rotatable bonds is 7. The first kappa shape index (κ1) is 25.2. The van der Waals surface area contributed by atoms with Crippen molar-refractivity contribution in [1.82, 2.24) is 4.90 Å². The van der Waals surface area contributed by atoms with E-state index < -0.39 is 32.4 Å². The highest BCUT2D eigenvalue weighted by Crippen LogP contribution is 2.39. The monoisotopic (exact) mass is 545 g/mol. The van der Waals surface area contributed by atoms with Gasteiger partial charge in [0.05, 0.1) is 27.4 Å². The number of non-ortho nitro benzene ring substituents is 1. The number of carbonyl (C=O) groups is 2. The zero-order valence-electron chi connectivity index (χ0n) is 17.9. The second-order valence-corrected chi connectivity index (χ2v) is 9.15. The molecule has 182 valence electrons. The summed E-state index contributed by atoms with van der Waals surface area (Å²) in [6.45, 7) is -0.0505. The van der Waals surface area contributed by atoms with Gasteiger partial charge in [-0.25, -0.2) is 0 Å². The summed E-state index contributed by atoms with van der Waals surface area (Å²) in [5, 5.41) is 22.7. The third-order valence-corrected chi connectivity index (χ3v) is 6.49. The largest absolute Gasteiger partial charge is 0.449 e. The molecule has 3 aromatic carbocycles. The number of hydrogen-bond acceptors (Lipinski definition) is 8. The number of nitro benzene ring substituents is 2. The molecule has 1 fully saturated rings. The Morgan fingerprint density at radius 2 is 1.69 bits per heavy atom. The Labute approximate surface area is 217 Å². The molecule has 1 saturated heterocycles. The Kier molecular flexibility index (Phi) is 7.25. The molecule has 0 bridgehead atoms. The molecule has 0 radical (unpaired) electrons. The van der Waals surface area contributed by atoms with E-state index in [1.54, 1.807) is 30.3 Å². The Morgan fingerprint density at radius 3 is 2.39 bits per heavy atom. The van der Waals surface area contributed by atoms with Gasteiger partial charge in [-0.3, -0.25) is 34.7 Å². The number of carbonyl (C=O) groups excluding carboxylic acids is 2. The van der Waals surface area contributed by atoms with Crippen LogP contribution in [0.2, 0.25) is 10.0 Å². The van der Waals surface area contributed by atoms with Gasteiger partial charge in [-0.15, -0.1) is 0 Å². The fraction of sp³-hybridized carbons (Fsp3) is 0.0435. The topological polar surface area (TPSA) is 133 Å². The summed E-state index contributed by atoms with van der Waals surface area (Å²) in [5.74, 6) is -0.633. The lowest BCUT2D eigenvalue weighted by molar-refractivity contribution is -0.394. The minimum atomic E-state index is -0.793. The molecule has 0 N–H and O–H groups in total. The normalized spacial score (nSPS) is 14.4. The van der Waals surface area contributed by atoms with Gasteiger partial charge in [0.25, 0.3) is 16.8 Å². The minimum absolute atomic E-state index is 0.0505. The van der Waals surface area contributed by atoms with Crippen LogP contribution in [0.25, 0.3) is 6.08 Å². The first-order chi connectivity index (χ1) is 17.1. The van der Waals surface area contributed by atoms with Crippen molar-refractivity contribution in [2.24, 2.45) is 0 Å². The Morgan fingerprint density at radius 1 is 0.944 bits per heavy atom. The first-order valence-electron chi connectivity index (χ1n) is 10.0. The molecule has 1 aliphatic heterocycles. The molecule has 2 amide bonds. The molecule has 0 aliphatic carbocycles. The summed E-state index contributed by atoms with van der Waals surface area (Å²) < 4.78 is 5.70. The van der Waals surface area contributed by atoms with E-state index in [2.05, 4.69) is 0 Å². The summed E-state index contributed by atoms with van der Waals surface area (Å²) >= 11 is 12.8. The van der Waals surface area contributed by atoms with Crippen LogP contribution in [0.1, 0.15) is 11.1 Å². The average molecular weight is 546 g/mol. The number of imide groups is 1. The molecule has 4 rings (SSSR count). The zero-order chi connectivity index (χ0) is 26.0. The van der Waals surface area contributed by atoms with Gasteiger partial charge >= 0.3 is 5.69 Å². The summed E-state index contributed by atoms with van der Waals surface area (Å²) in [7, 11) is 0. The molecule has 13 heteroatoms. The summed E-state index contributed by atoms with van der Waals surface area (Å²) in [4.78, 5) is 47.5. The second kappa shape index (κ2) is 10.4.